The van der Waals surface area contributed by atoms with Crippen molar-refractivity contribution in [3.63, 3.8) is 0 Å². The molecule has 1 N–H and O–H groups in total. The summed E-state index contributed by atoms with van der Waals surface area (Å²) >= 11 is 0. The van der Waals surface area contributed by atoms with Crippen LogP contribution in [0.5, 0.6) is 0 Å². The number of rotatable bonds is 2. The third kappa shape index (κ3) is 2.15. The summed E-state index contributed by atoms with van der Waals surface area (Å²) < 4.78 is 0. The van der Waals surface area contributed by atoms with Gasteiger partial charge in [-0.3, -0.25) is 4.79 Å². The van der Waals surface area contributed by atoms with Crippen molar-refractivity contribution in [2.75, 3.05) is 0 Å². The number of amides is 1. The van der Waals surface area contributed by atoms with Crippen LogP contribution in [0.15, 0.2) is 11.1 Å². The minimum Gasteiger partial charge on any atom is -0.480 e. The highest BCUT2D eigenvalue weighted by Crippen LogP contribution is 2.41. The molecule has 1 amide bonds. The van der Waals surface area contributed by atoms with Gasteiger partial charge in [-0.25, -0.2) is 4.79 Å². The molecule has 3 unspecified atom stereocenters. The lowest BCUT2D eigenvalue weighted by Crippen LogP contribution is -2.46. The van der Waals surface area contributed by atoms with Crippen LogP contribution in [0.2, 0.25) is 0 Å². The molecule has 3 atom stereocenters. The molecule has 4 nitrogen and oxygen atoms in total. The molecule has 1 saturated carbocycles. The van der Waals surface area contributed by atoms with Crippen LogP contribution >= 0.6 is 0 Å². The first-order valence-corrected chi connectivity index (χ1v) is 7.83. The van der Waals surface area contributed by atoms with Crippen molar-refractivity contribution in [3.05, 3.63) is 11.1 Å². The lowest BCUT2D eigenvalue weighted by molar-refractivity contribution is -0.148. The van der Waals surface area contributed by atoms with Crippen LogP contribution in [0, 0.1) is 5.92 Å². The summed E-state index contributed by atoms with van der Waals surface area (Å²) in [6.07, 6.45) is 7.85. The van der Waals surface area contributed by atoms with Crippen LogP contribution in [-0.2, 0) is 9.59 Å². The predicted octanol–water partition coefficient (Wildman–Crippen LogP) is 2.73. The maximum absolute atomic E-state index is 12.8. The second-order valence-electron chi connectivity index (χ2n) is 6.53. The van der Waals surface area contributed by atoms with Crippen LogP contribution < -0.4 is 0 Å². The second kappa shape index (κ2) is 5.23. The maximum Gasteiger partial charge on any atom is 0.326 e. The standard InChI is InChI=1S/C16H23NO3/c1-10-5-4-7-12(10)15(18)17-13-8-3-2-6-11(13)9-14(17)16(19)20/h11,13-14H,2-9H2,1H3,(H,19,20). The van der Waals surface area contributed by atoms with Crippen LogP contribution in [0.4, 0.5) is 0 Å². The van der Waals surface area contributed by atoms with Crippen molar-refractivity contribution in [3.8, 4) is 0 Å². The maximum atomic E-state index is 12.8. The molecule has 1 aliphatic heterocycles. The number of aliphatic carboxylic acids is 1. The number of nitrogens with zero attached hydrogens (tertiary/aromatic N) is 1. The largest absolute Gasteiger partial charge is 0.480 e. The summed E-state index contributed by atoms with van der Waals surface area (Å²) in [5, 5.41) is 9.48. The van der Waals surface area contributed by atoms with E-state index in [1.165, 1.54) is 12.0 Å². The Morgan fingerprint density at radius 2 is 1.90 bits per heavy atom. The van der Waals surface area contributed by atoms with Gasteiger partial charge in [0, 0.05) is 11.6 Å². The second-order valence-corrected chi connectivity index (χ2v) is 6.53. The first-order valence-electron chi connectivity index (χ1n) is 7.83. The molecule has 3 rings (SSSR count). The zero-order valence-electron chi connectivity index (χ0n) is 12.1. The molecular weight excluding hydrogens is 254 g/mol. The van der Waals surface area contributed by atoms with Gasteiger partial charge in [0.15, 0.2) is 0 Å². The minimum absolute atomic E-state index is 0.0156. The van der Waals surface area contributed by atoms with E-state index in [9.17, 15) is 14.7 Å². The highest BCUT2D eigenvalue weighted by Gasteiger charge is 2.48. The van der Waals surface area contributed by atoms with Crippen LogP contribution in [-0.4, -0.2) is 34.0 Å². The van der Waals surface area contributed by atoms with Crippen LogP contribution in [0.25, 0.3) is 0 Å². The van der Waals surface area contributed by atoms with E-state index >= 15 is 0 Å². The smallest absolute Gasteiger partial charge is 0.326 e. The summed E-state index contributed by atoms with van der Waals surface area (Å²) in [6, 6.07) is -0.435. The fourth-order valence-corrected chi connectivity index (χ4v) is 4.31. The highest BCUT2D eigenvalue weighted by atomic mass is 16.4. The quantitative estimate of drug-likeness (QED) is 0.844. The molecule has 20 heavy (non-hydrogen) atoms. The average molecular weight is 277 g/mol. The summed E-state index contributed by atoms with van der Waals surface area (Å²) in [4.78, 5) is 26.1. The van der Waals surface area contributed by atoms with E-state index in [0.29, 0.717) is 12.3 Å². The Bertz CT molecular complexity index is 468. The lowest BCUT2D eigenvalue weighted by Gasteiger charge is -2.33. The number of fused-ring (bicyclic) bond motifs is 1. The van der Waals surface area contributed by atoms with Gasteiger partial charge in [-0.05, 0) is 51.4 Å². The van der Waals surface area contributed by atoms with E-state index < -0.39 is 12.0 Å². The fourth-order valence-electron chi connectivity index (χ4n) is 4.31. The Morgan fingerprint density at radius 1 is 1.15 bits per heavy atom. The Labute approximate surface area is 119 Å². The zero-order chi connectivity index (χ0) is 14.3. The van der Waals surface area contributed by atoms with E-state index in [1.807, 2.05) is 6.92 Å². The van der Waals surface area contributed by atoms with Gasteiger partial charge < -0.3 is 10.0 Å². The molecular formula is C16H23NO3. The summed E-state index contributed by atoms with van der Waals surface area (Å²) in [7, 11) is 0. The van der Waals surface area contributed by atoms with E-state index in [0.717, 1.165) is 44.1 Å². The molecule has 1 heterocycles. The number of allylic oxidation sites excluding steroid dienone is 1. The molecule has 110 valence electrons. The third-order valence-corrected chi connectivity index (χ3v) is 5.36. The molecule has 0 aromatic rings. The van der Waals surface area contributed by atoms with Crippen LogP contribution in [0.3, 0.4) is 0 Å². The fraction of sp³-hybridized carbons (Fsp3) is 0.750. The molecule has 2 fully saturated rings. The van der Waals surface area contributed by atoms with Gasteiger partial charge in [0.2, 0.25) is 0 Å². The molecule has 1 saturated heterocycles. The Morgan fingerprint density at radius 3 is 2.55 bits per heavy atom. The number of carboxylic acid groups (broad SMARTS) is 1. The Kier molecular flexibility index (Phi) is 3.57. The van der Waals surface area contributed by atoms with Gasteiger partial charge in [0.25, 0.3) is 5.91 Å². The zero-order valence-corrected chi connectivity index (χ0v) is 12.1. The highest BCUT2D eigenvalue weighted by molar-refractivity contribution is 5.97. The summed E-state index contributed by atoms with van der Waals surface area (Å²) in [6.45, 7) is 2.02. The van der Waals surface area contributed by atoms with Gasteiger partial charge in [-0.2, -0.15) is 0 Å². The summed E-state index contributed by atoms with van der Waals surface area (Å²) in [5.74, 6) is -0.415. The number of carbonyl (C=O) groups is 2. The topological polar surface area (TPSA) is 57.6 Å². The minimum atomic E-state index is -0.830. The SMILES string of the molecule is CC1=C(C(=O)N2C(C(=O)O)CC3CCCCC32)CCC1. The molecule has 4 heteroatoms. The van der Waals surface area contributed by atoms with E-state index in [1.54, 1.807) is 4.90 Å². The number of hydrogen-bond acceptors (Lipinski definition) is 2. The molecule has 3 aliphatic rings. The number of hydrogen-bond donors (Lipinski definition) is 1. The van der Waals surface area contributed by atoms with Gasteiger partial charge in [-0.1, -0.05) is 18.4 Å². The van der Waals surface area contributed by atoms with Crippen molar-refractivity contribution in [2.45, 2.75) is 70.4 Å². The molecule has 0 radical (unpaired) electrons. The van der Waals surface area contributed by atoms with Gasteiger partial charge in [-0.15, -0.1) is 0 Å². The van der Waals surface area contributed by atoms with Crippen molar-refractivity contribution in [1.82, 2.24) is 4.90 Å². The van der Waals surface area contributed by atoms with Crippen molar-refractivity contribution < 1.29 is 14.7 Å². The first kappa shape index (κ1) is 13.7. The van der Waals surface area contributed by atoms with Crippen molar-refractivity contribution >= 4 is 11.9 Å². The molecule has 2 aliphatic carbocycles. The van der Waals surface area contributed by atoms with E-state index in [4.69, 9.17) is 0 Å². The molecule has 0 spiro atoms. The van der Waals surface area contributed by atoms with Crippen molar-refractivity contribution in [2.24, 2.45) is 5.92 Å². The van der Waals surface area contributed by atoms with Crippen molar-refractivity contribution in [1.29, 1.82) is 0 Å². The number of carbonyl (C=O) groups excluding carboxylic acids is 1. The first-order chi connectivity index (χ1) is 9.59. The average Bonchev–Trinajstić information content (AvgIpc) is 3.01. The van der Waals surface area contributed by atoms with Gasteiger partial charge >= 0.3 is 5.97 Å². The molecule has 0 bridgehead atoms. The number of likely N-dealkylation sites (tertiary alicyclic amines) is 1. The molecule has 0 aromatic carbocycles. The third-order valence-electron chi connectivity index (χ3n) is 5.36. The Hall–Kier alpha value is -1.32. The van der Waals surface area contributed by atoms with Crippen LogP contribution in [0.1, 0.15) is 58.3 Å². The van der Waals surface area contributed by atoms with Gasteiger partial charge in [0.1, 0.15) is 6.04 Å². The normalized spacial score (nSPS) is 33.5. The predicted molar refractivity (Wildman–Crippen MR) is 75.2 cm³/mol. The Balaban J connectivity index is 1.89. The van der Waals surface area contributed by atoms with E-state index in [-0.39, 0.29) is 11.9 Å². The lowest BCUT2D eigenvalue weighted by atomic mass is 9.84. The molecule has 0 aromatic heterocycles. The van der Waals surface area contributed by atoms with Gasteiger partial charge in [0.05, 0.1) is 0 Å². The number of carboxylic acids is 1. The monoisotopic (exact) mass is 277 g/mol. The summed E-state index contributed by atoms with van der Waals surface area (Å²) in [5.41, 5.74) is 2.06. The van der Waals surface area contributed by atoms with E-state index in [2.05, 4.69) is 0 Å².